The Bertz CT molecular complexity index is 1860. The third-order valence-corrected chi connectivity index (χ3v) is 8.19. The molecule has 1 aliphatic rings. The van der Waals surface area contributed by atoms with Crippen molar-refractivity contribution in [2.24, 2.45) is 4.99 Å². The second kappa shape index (κ2) is 11.4. The molecule has 7 nitrogen and oxygen atoms in total. The number of thiazole rings is 1. The Hall–Kier alpha value is -4.17. The smallest absolute Gasteiger partial charge is 0.338 e. The van der Waals surface area contributed by atoms with Gasteiger partial charge >= 0.3 is 5.97 Å². The fourth-order valence-electron chi connectivity index (χ4n) is 5.41. The molecule has 4 aromatic rings. The van der Waals surface area contributed by atoms with Gasteiger partial charge in [0, 0.05) is 22.6 Å². The molecule has 2 aromatic carbocycles. The van der Waals surface area contributed by atoms with Gasteiger partial charge in [0.25, 0.3) is 5.56 Å². The van der Waals surface area contributed by atoms with Gasteiger partial charge in [-0.25, -0.2) is 9.79 Å². The number of ether oxygens (including phenoxy) is 2. The second-order valence-electron chi connectivity index (χ2n) is 10.5. The fourth-order valence-corrected chi connectivity index (χ4v) is 6.45. The number of aromatic nitrogens is 2. The molecular formula is C33H35N3O4S. The Morgan fingerprint density at radius 2 is 1.78 bits per heavy atom. The summed E-state index contributed by atoms with van der Waals surface area (Å²) in [6.45, 7) is 13.9. The summed E-state index contributed by atoms with van der Waals surface area (Å²) in [6, 6.07) is 17.1. The quantitative estimate of drug-likeness (QED) is 0.283. The number of fused-ring (bicyclic) bond motifs is 1. The van der Waals surface area contributed by atoms with Gasteiger partial charge in [-0.2, -0.15) is 0 Å². The van der Waals surface area contributed by atoms with Gasteiger partial charge in [-0.1, -0.05) is 47.7 Å². The molecule has 1 atom stereocenters. The van der Waals surface area contributed by atoms with Gasteiger partial charge in [0.2, 0.25) is 0 Å². The van der Waals surface area contributed by atoms with E-state index in [0.29, 0.717) is 31.9 Å². The number of allylic oxidation sites excluding steroid dienone is 1. The summed E-state index contributed by atoms with van der Waals surface area (Å²) in [4.78, 5) is 32.7. The summed E-state index contributed by atoms with van der Waals surface area (Å²) in [7, 11) is 0. The average molecular weight is 570 g/mol. The number of carbonyl (C=O) groups excluding carboxylic acids is 1. The molecule has 3 heterocycles. The molecule has 0 unspecified atom stereocenters. The van der Waals surface area contributed by atoms with Crippen molar-refractivity contribution >= 4 is 23.4 Å². The molecule has 0 saturated heterocycles. The van der Waals surface area contributed by atoms with E-state index < -0.39 is 12.0 Å². The Balaban J connectivity index is 1.73. The Labute approximate surface area is 243 Å². The Kier molecular flexibility index (Phi) is 7.87. The van der Waals surface area contributed by atoms with Crippen molar-refractivity contribution in [1.82, 2.24) is 9.13 Å². The molecule has 212 valence electrons. The van der Waals surface area contributed by atoms with Crippen LogP contribution in [0.4, 0.5) is 0 Å². The average Bonchev–Trinajstić information content (AvgIpc) is 3.37. The van der Waals surface area contributed by atoms with Gasteiger partial charge in [-0.3, -0.25) is 9.36 Å². The van der Waals surface area contributed by atoms with Crippen LogP contribution in [0.1, 0.15) is 61.8 Å². The van der Waals surface area contributed by atoms with Crippen LogP contribution in [0.3, 0.4) is 0 Å². The summed E-state index contributed by atoms with van der Waals surface area (Å²) >= 11 is 1.32. The number of carbonyl (C=O) groups is 1. The maximum atomic E-state index is 14.2. The van der Waals surface area contributed by atoms with Crippen LogP contribution >= 0.6 is 11.3 Å². The van der Waals surface area contributed by atoms with E-state index in [2.05, 4.69) is 43.5 Å². The van der Waals surface area contributed by atoms with Crippen LogP contribution in [-0.2, 0) is 9.53 Å². The number of esters is 1. The van der Waals surface area contributed by atoms with Crippen molar-refractivity contribution in [3.8, 4) is 11.4 Å². The molecule has 2 aromatic heterocycles. The van der Waals surface area contributed by atoms with E-state index in [-0.39, 0.29) is 18.3 Å². The van der Waals surface area contributed by atoms with Gasteiger partial charge in [0.15, 0.2) is 4.80 Å². The van der Waals surface area contributed by atoms with Crippen molar-refractivity contribution in [2.75, 3.05) is 6.61 Å². The molecule has 0 spiro atoms. The third kappa shape index (κ3) is 5.20. The molecule has 8 heteroatoms. The molecule has 0 saturated carbocycles. The predicted octanol–water partition coefficient (Wildman–Crippen LogP) is 5.30. The third-order valence-electron chi connectivity index (χ3n) is 7.21. The van der Waals surface area contributed by atoms with Crippen molar-refractivity contribution in [1.29, 1.82) is 0 Å². The molecule has 5 rings (SSSR count). The van der Waals surface area contributed by atoms with Crippen LogP contribution in [-0.4, -0.2) is 27.8 Å². The minimum absolute atomic E-state index is 0.0911. The van der Waals surface area contributed by atoms with E-state index in [0.717, 1.165) is 22.6 Å². The maximum absolute atomic E-state index is 14.2. The zero-order valence-electron chi connectivity index (χ0n) is 24.5. The van der Waals surface area contributed by atoms with Gasteiger partial charge in [0.1, 0.15) is 11.8 Å². The number of hydrogen-bond donors (Lipinski definition) is 0. The van der Waals surface area contributed by atoms with Crippen molar-refractivity contribution in [2.45, 2.75) is 60.6 Å². The van der Waals surface area contributed by atoms with Gasteiger partial charge in [0.05, 0.1) is 28.5 Å². The standard InChI is InChI=1S/C33H35N3O4S/c1-8-39-32(38)29-22(6)34-33-36(30(29)25-14-10-12-16-27(25)40-19(2)3)31(37)28(41-33)18-24-17-21(5)35(23(24)7)26-15-11-9-13-20(26)4/h9-19,30H,8H2,1-7H3/b28-18+/t30-/m0/s1. The van der Waals surface area contributed by atoms with E-state index in [1.165, 1.54) is 16.9 Å². The van der Waals surface area contributed by atoms with Crippen LogP contribution < -0.4 is 19.6 Å². The van der Waals surface area contributed by atoms with Crippen molar-refractivity contribution < 1.29 is 14.3 Å². The van der Waals surface area contributed by atoms with Gasteiger partial charge < -0.3 is 14.0 Å². The summed E-state index contributed by atoms with van der Waals surface area (Å²) in [5.41, 5.74) is 6.72. The number of aryl methyl sites for hydroxylation is 2. The molecule has 0 amide bonds. The number of nitrogens with zero attached hydrogens (tertiary/aromatic N) is 3. The first-order chi connectivity index (χ1) is 19.6. The molecule has 41 heavy (non-hydrogen) atoms. The molecule has 0 fully saturated rings. The molecule has 0 N–H and O–H groups in total. The van der Waals surface area contributed by atoms with Gasteiger partial charge in [-0.05, 0) is 83.9 Å². The Morgan fingerprint density at radius 3 is 2.49 bits per heavy atom. The number of hydrogen-bond acceptors (Lipinski definition) is 6. The second-order valence-corrected chi connectivity index (χ2v) is 11.5. The highest BCUT2D eigenvalue weighted by Crippen LogP contribution is 2.36. The summed E-state index contributed by atoms with van der Waals surface area (Å²) in [6.07, 6.45) is 1.84. The van der Waals surface area contributed by atoms with E-state index in [1.54, 1.807) is 18.4 Å². The summed E-state index contributed by atoms with van der Waals surface area (Å²) < 4.78 is 15.9. The maximum Gasteiger partial charge on any atom is 0.338 e. The normalized spacial score (nSPS) is 15.2. The summed E-state index contributed by atoms with van der Waals surface area (Å²) in [5.74, 6) is 0.120. The molecule has 0 bridgehead atoms. The number of benzene rings is 2. The highest BCUT2D eigenvalue weighted by Gasteiger charge is 2.35. The first-order valence-corrected chi connectivity index (χ1v) is 14.6. The monoisotopic (exact) mass is 569 g/mol. The van der Waals surface area contributed by atoms with E-state index in [4.69, 9.17) is 14.5 Å². The van der Waals surface area contributed by atoms with Gasteiger partial charge in [-0.15, -0.1) is 0 Å². The topological polar surface area (TPSA) is 74.8 Å². The molecule has 0 radical (unpaired) electrons. The molecule has 0 aliphatic carbocycles. The van der Waals surface area contributed by atoms with Crippen LogP contribution in [0, 0.1) is 20.8 Å². The van der Waals surface area contributed by atoms with Crippen LogP contribution in [0.2, 0.25) is 0 Å². The number of rotatable bonds is 7. The lowest BCUT2D eigenvalue weighted by molar-refractivity contribution is -0.139. The first kappa shape index (κ1) is 28.4. The van der Waals surface area contributed by atoms with E-state index in [9.17, 15) is 9.59 Å². The largest absolute Gasteiger partial charge is 0.491 e. The highest BCUT2D eigenvalue weighted by atomic mass is 32.1. The van der Waals surface area contributed by atoms with Crippen LogP contribution in [0.5, 0.6) is 5.75 Å². The predicted molar refractivity (Wildman–Crippen MR) is 163 cm³/mol. The zero-order valence-corrected chi connectivity index (χ0v) is 25.3. The molecule has 1 aliphatic heterocycles. The Morgan fingerprint density at radius 1 is 1.07 bits per heavy atom. The fraction of sp³-hybridized carbons (Fsp3) is 0.303. The van der Waals surface area contributed by atoms with E-state index in [1.807, 2.05) is 56.3 Å². The minimum Gasteiger partial charge on any atom is -0.491 e. The lowest BCUT2D eigenvalue weighted by Crippen LogP contribution is -2.40. The first-order valence-electron chi connectivity index (χ1n) is 13.8. The van der Waals surface area contributed by atoms with Crippen LogP contribution in [0.25, 0.3) is 11.8 Å². The SMILES string of the molecule is CCOC(=O)C1=C(C)N=c2s/c(=C/c3cc(C)n(-c4ccccc4C)c3C)c(=O)n2[C@H]1c1ccccc1OC(C)C. The lowest BCUT2D eigenvalue weighted by Gasteiger charge is -2.26. The lowest BCUT2D eigenvalue weighted by atomic mass is 9.95. The zero-order chi connectivity index (χ0) is 29.4. The van der Waals surface area contributed by atoms with Crippen LogP contribution in [0.15, 0.2) is 75.7 Å². The summed E-state index contributed by atoms with van der Waals surface area (Å²) in [5, 5.41) is 0. The van der Waals surface area contributed by atoms with Crippen molar-refractivity contribution in [3.05, 3.63) is 114 Å². The van der Waals surface area contributed by atoms with Crippen molar-refractivity contribution in [3.63, 3.8) is 0 Å². The van der Waals surface area contributed by atoms with E-state index >= 15 is 0 Å². The molecular weight excluding hydrogens is 534 g/mol. The number of para-hydroxylation sites is 2. The highest BCUT2D eigenvalue weighted by molar-refractivity contribution is 7.07. The minimum atomic E-state index is -0.734.